The minimum Gasteiger partial charge on any atom is -0.318 e. The largest absolute Gasteiger partial charge is 0.318 e. The minimum atomic E-state index is 0.772. The summed E-state index contributed by atoms with van der Waals surface area (Å²) in [5.74, 6) is 0. The molecule has 63 valence electrons. The summed E-state index contributed by atoms with van der Waals surface area (Å²) >= 11 is 0. The summed E-state index contributed by atoms with van der Waals surface area (Å²) in [6.45, 7) is 0. The Labute approximate surface area is 76.2 Å². The van der Waals surface area contributed by atoms with Crippen LogP contribution in [0.25, 0.3) is 10.8 Å². The van der Waals surface area contributed by atoms with E-state index in [2.05, 4.69) is 5.32 Å². The van der Waals surface area contributed by atoms with Gasteiger partial charge in [0.1, 0.15) is 0 Å². The Morgan fingerprint density at radius 2 is 1.77 bits per heavy atom. The third-order valence-corrected chi connectivity index (χ3v) is 1.94. The molecule has 13 heavy (non-hydrogen) atoms. The highest BCUT2D eigenvalue weighted by Gasteiger charge is 1.93. The highest BCUT2D eigenvalue weighted by molar-refractivity contribution is 5.87. The number of rotatable bonds is 2. The van der Waals surface area contributed by atoms with E-state index in [-0.39, 0.29) is 0 Å². The molecule has 0 spiro atoms. The molecular formula is C11H8NO. The van der Waals surface area contributed by atoms with Crippen LogP contribution in [0.2, 0.25) is 0 Å². The number of hydrogen-bond acceptors (Lipinski definition) is 1. The van der Waals surface area contributed by atoms with Gasteiger partial charge in [-0.05, 0) is 22.9 Å². The fourth-order valence-corrected chi connectivity index (χ4v) is 1.33. The van der Waals surface area contributed by atoms with Crippen LogP contribution in [0.15, 0.2) is 42.5 Å². The van der Waals surface area contributed by atoms with Crippen LogP contribution >= 0.6 is 0 Å². The normalized spacial score (nSPS) is 9.85. The van der Waals surface area contributed by atoms with Crippen LogP contribution in [-0.2, 0) is 4.79 Å². The van der Waals surface area contributed by atoms with Gasteiger partial charge >= 0.3 is 6.41 Å². The third-order valence-electron chi connectivity index (χ3n) is 1.94. The molecule has 0 aromatic heterocycles. The molecule has 0 atom stereocenters. The Hall–Kier alpha value is -1.83. The lowest BCUT2D eigenvalue weighted by Gasteiger charge is -2.00. The van der Waals surface area contributed by atoms with Crippen molar-refractivity contribution in [3.05, 3.63) is 42.5 Å². The van der Waals surface area contributed by atoms with Crippen LogP contribution in [0.5, 0.6) is 0 Å². The van der Waals surface area contributed by atoms with Gasteiger partial charge in [-0.15, -0.1) is 0 Å². The summed E-state index contributed by atoms with van der Waals surface area (Å²) in [7, 11) is 0. The van der Waals surface area contributed by atoms with Gasteiger partial charge in [-0.2, -0.15) is 0 Å². The van der Waals surface area contributed by atoms with E-state index in [4.69, 9.17) is 0 Å². The first-order valence-corrected chi connectivity index (χ1v) is 4.02. The predicted molar refractivity (Wildman–Crippen MR) is 53.3 cm³/mol. The molecule has 0 aliphatic carbocycles. The first kappa shape index (κ1) is 7.80. The molecule has 0 bridgehead atoms. The van der Waals surface area contributed by atoms with Crippen LogP contribution in [0.3, 0.4) is 0 Å². The van der Waals surface area contributed by atoms with E-state index in [1.807, 2.05) is 42.5 Å². The van der Waals surface area contributed by atoms with Gasteiger partial charge in [0, 0.05) is 5.69 Å². The number of fused-ring (bicyclic) bond motifs is 1. The Morgan fingerprint density at radius 3 is 2.54 bits per heavy atom. The van der Waals surface area contributed by atoms with Crippen LogP contribution < -0.4 is 5.32 Å². The Kier molecular flexibility index (Phi) is 1.96. The van der Waals surface area contributed by atoms with E-state index < -0.39 is 0 Å². The molecular weight excluding hydrogens is 162 g/mol. The summed E-state index contributed by atoms with van der Waals surface area (Å²) in [6, 6.07) is 13.7. The maximum absolute atomic E-state index is 10.1. The van der Waals surface area contributed by atoms with Crippen molar-refractivity contribution in [2.75, 3.05) is 5.32 Å². The SMILES string of the molecule is O=[C]Nc1ccc2ccccc2c1. The molecule has 2 heteroatoms. The van der Waals surface area contributed by atoms with Crippen molar-refractivity contribution in [2.45, 2.75) is 0 Å². The zero-order valence-corrected chi connectivity index (χ0v) is 6.95. The standard InChI is InChI=1S/C11H8NO/c13-8-12-11-6-5-9-3-1-2-4-10(9)7-11/h1-7H,(H,12,13). The van der Waals surface area contributed by atoms with Crippen molar-refractivity contribution in [2.24, 2.45) is 0 Å². The van der Waals surface area contributed by atoms with E-state index >= 15 is 0 Å². The second-order valence-corrected chi connectivity index (χ2v) is 2.79. The summed E-state index contributed by atoms with van der Waals surface area (Å²) < 4.78 is 0. The molecule has 2 aromatic rings. The van der Waals surface area contributed by atoms with Crippen LogP contribution in [-0.4, -0.2) is 6.41 Å². The van der Waals surface area contributed by atoms with E-state index in [1.165, 1.54) is 5.39 Å². The van der Waals surface area contributed by atoms with E-state index in [0.29, 0.717) is 0 Å². The van der Waals surface area contributed by atoms with Crippen molar-refractivity contribution in [3.63, 3.8) is 0 Å². The Bertz CT molecular complexity index is 437. The Morgan fingerprint density at radius 1 is 1.00 bits per heavy atom. The fraction of sp³-hybridized carbons (Fsp3) is 0. The minimum absolute atomic E-state index is 0.772. The number of hydrogen-bond donors (Lipinski definition) is 1. The Balaban J connectivity index is 2.55. The monoisotopic (exact) mass is 170 g/mol. The smallest absolute Gasteiger partial charge is 0.314 e. The van der Waals surface area contributed by atoms with Crippen molar-refractivity contribution < 1.29 is 4.79 Å². The van der Waals surface area contributed by atoms with Gasteiger partial charge in [-0.3, -0.25) is 4.79 Å². The number of carbonyl (C=O) groups excluding carboxylic acids is 1. The van der Waals surface area contributed by atoms with E-state index in [9.17, 15) is 4.79 Å². The lowest BCUT2D eigenvalue weighted by Crippen LogP contribution is -1.92. The van der Waals surface area contributed by atoms with Crippen LogP contribution in [0.1, 0.15) is 0 Å². The average molecular weight is 170 g/mol. The molecule has 1 N–H and O–H groups in total. The topological polar surface area (TPSA) is 29.1 Å². The molecule has 2 aromatic carbocycles. The van der Waals surface area contributed by atoms with Gasteiger partial charge in [0.2, 0.25) is 0 Å². The zero-order valence-electron chi connectivity index (χ0n) is 6.95. The number of benzene rings is 2. The lowest BCUT2D eigenvalue weighted by atomic mass is 10.1. The van der Waals surface area contributed by atoms with Gasteiger partial charge in [0.05, 0.1) is 0 Å². The molecule has 1 amide bonds. The lowest BCUT2D eigenvalue weighted by molar-refractivity contribution is 0.561. The molecule has 0 saturated heterocycles. The van der Waals surface area contributed by atoms with Crippen molar-refractivity contribution >= 4 is 22.9 Å². The molecule has 1 radical (unpaired) electrons. The molecule has 0 unspecified atom stereocenters. The summed E-state index contributed by atoms with van der Waals surface area (Å²) in [5.41, 5.74) is 0.772. The third kappa shape index (κ3) is 1.51. The molecule has 0 aliphatic heterocycles. The summed E-state index contributed by atoms with van der Waals surface area (Å²) in [5, 5.41) is 4.77. The maximum atomic E-state index is 10.1. The zero-order chi connectivity index (χ0) is 9.10. The quantitative estimate of drug-likeness (QED) is 0.688. The summed E-state index contributed by atoms with van der Waals surface area (Å²) in [4.78, 5) is 10.1. The van der Waals surface area contributed by atoms with Gasteiger partial charge in [0.25, 0.3) is 0 Å². The second-order valence-electron chi connectivity index (χ2n) is 2.79. The number of anilines is 1. The van der Waals surface area contributed by atoms with Gasteiger partial charge < -0.3 is 5.32 Å². The van der Waals surface area contributed by atoms with Crippen LogP contribution in [0, 0.1) is 0 Å². The maximum Gasteiger partial charge on any atom is 0.314 e. The summed E-state index contributed by atoms with van der Waals surface area (Å²) in [6.07, 6.45) is 1.65. The van der Waals surface area contributed by atoms with Gasteiger partial charge in [0.15, 0.2) is 0 Å². The molecule has 0 fully saturated rings. The first-order chi connectivity index (χ1) is 6.40. The van der Waals surface area contributed by atoms with Crippen molar-refractivity contribution in [1.29, 1.82) is 0 Å². The van der Waals surface area contributed by atoms with E-state index in [1.54, 1.807) is 6.41 Å². The fourth-order valence-electron chi connectivity index (χ4n) is 1.33. The molecule has 0 heterocycles. The highest BCUT2D eigenvalue weighted by Crippen LogP contribution is 2.17. The van der Waals surface area contributed by atoms with Crippen molar-refractivity contribution in [3.8, 4) is 0 Å². The van der Waals surface area contributed by atoms with Gasteiger partial charge in [-0.1, -0.05) is 30.3 Å². The highest BCUT2D eigenvalue weighted by atomic mass is 16.1. The van der Waals surface area contributed by atoms with Gasteiger partial charge in [-0.25, -0.2) is 0 Å². The second kappa shape index (κ2) is 3.27. The van der Waals surface area contributed by atoms with Crippen molar-refractivity contribution in [1.82, 2.24) is 0 Å². The molecule has 0 saturated carbocycles. The number of nitrogens with one attached hydrogen (secondary N) is 1. The predicted octanol–water partition coefficient (Wildman–Crippen LogP) is 2.32. The first-order valence-electron chi connectivity index (χ1n) is 4.02. The molecule has 0 aliphatic rings. The molecule has 2 rings (SSSR count). The van der Waals surface area contributed by atoms with Crippen LogP contribution in [0.4, 0.5) is 5.69 Å². The molecule has 2 nitrogen and oxygen atoms in total. The average Bonchev–Trinajstić information content (AvgIpc) is 2.18. The van der Waals surface area contributed by atoms with E-state index in [0.717, 1.165) is 11.1 Å². The number of amides is 1.